The summed E-state index contributed by atoms with van der Waals surface area (Å²) in [6, 6.07) is 0. The van der Waals surface area contributed by atoms with Crippen LogP contribution in [0.5, 0.6) is 0 Å². The first-order valence-corrected chi connectivity index (χ1v) is 2.97. The summed E-state index contributed by atoms with van der Waals surface area (Å²) in [5, 5.41) is 6.47. The summed E-state index contributed by atoms with van der Waals surface area (Å²) in [5.41, 5.74) is 1.10. The minimum Gasteiger partial charge on any atom is -0.457 e. The second-order valence-electron chi connectivity index (χ2n) is 2.06. The predicted octanol–water partition coefficient (Wildman–Crippen LogP) is 1.15. The number of esters is 1. The fourth-order valence-electron chi connectivity index (χ4n) is 0.332. The van der Waals surface area contributed by atoms with Crippen LogP contribution in [-0.2, 0) is 9.53 Å². The lowest BCUT2D eigenvalue weighted by molar-refractivity contribution is -0.133. The van der Waals surface area contributed by atoms with Crippen LogP contribution < -0.4 is 0 Å². The van der Waals surface area contributed by atoms with Crippen molar-refractivity contribution in [3.63, 3.8) is 0 Å². The van der Waals surface area contributed by atoms with Crippen LogP contribution in [0.1, 0.15) is 13.8 Å². The second kappa shape index (κ2) is 4.73. The Balaban J connectivity index is 3.46. The lowest BCUT2D eigenvalue weighted by Gasteiger charge is -1.94. The number of nitrogens with one attached hydrogen (secondary N) is 1. The van der Waals surface area contributed by atoms with Gasteiger partial charge in [0.25, 0.3) is 0 Å². The zero-order valence-corrected chi connectivity index (χ0v) is 6.18. The Hall–Kier alpha value is -1.12. The van der Waals surface area contributed by atoms with Gasteiger partial charge in [0.05, 0.1) is 0 Å². The largest absolute Gasteiger partial charge is 0.457 e. The van der Waals surface area contributed by atoms with Crippen molar-refractivity contribution in [2.24, 2.45) is 0 Å². The fourth-order valence-corrected chi connectivity index (χ4v) is 0.332. The van der Waals surface area contributed by atoms with E-state index >= 15 is 0 Å². The Morgan fingerprint density at radius 2 is 2.20 bits per heavy atom. The molecule has 0 fully saturated rings. The molecule has 0 aliphatic heterocycles. The van der Waals surface area contributed by atoms with Gasteiger partial charge in [-0.15, -0.1) is 0 Å². The van der Waals surface area contributed by atoms with Crippen LogP contribution in [0.15, 0.2) is 11.6 Å². The molecule has 0 amide bonds. The number of hydrogen-bond acceptors (Lipinski definition) is 3. The molecule has 1 N–H and O–H groups in total. The third-order valence-electron chi connectivity index (χ3n) is 0.835. The van der Waals surface area contributed by atoms with Crippen LogP contribution >= 0.6 is 0 Å². The molecular weight excluding hydrogens is 130 g/mol. The Kier molecular flexibility index (Phi) is 4.20. The molecule has 3 heteroatoms. The van der Waals surface area contributed by atoms with Gasteiger partial charge in [-0.25, -0.2) is 4.79 Å². The van der Waals surface area contributed by atoms with Crippen molar-refractivity contribution in [1.29, 1.82) is 5.41 Å². The second-order valence-corrected chi connectivity index (χ2v) is 2.06. The van der Waals surface area contributed by atoms with Gasteiger partial charge in [-0.1, -0.05) is 5.57 Å². The molecule has 0 rings (SSSR count). The van der Waals surface area contributed by atoms with E-state index in [4.69, 9.17) is 5.41 Å². The fraction of sp³-hybridized carbons (Fsp3) is 0.429. The van der Waals surface area contributed by atoms with E-state index in [0.29, 0.717) is 6.21 Å². The number of ether oxygens (including phenoxy) is 1. The highest BCUT2D eigenvalue weighted by Gasteiger charge is 1.91. The van der Waals surface area contributed by atoms with E-state index in [2.05, 4.69) is 4.74 Å². The topological polar surface area (TPSA) is 50.2 Å². The van der Waals surface area contributed by atoms with Crippen LogP contribution in [0, 0.1) is 5.41 Å². The van der Waals surface area contributed by atoms with Gasteiger partial charge in [0.15, 0.2) is 0 Å². The molecule has 0 heterocycles. The Labute approximate surface area is 60.2 Å². The van der Waals surface area contributed by atoms with Crippen LogP contribution in [0.4, 0.5) is 0 Å². The normalized spacial score (nSPS) is 8.20. The summed E-state index contributed by atoms with van der Waals surface area (Å²) < 4.78 is 4.54. The maximum Gasteiger partial charge on any atom is 0.348 e. The van der Waals surface area contributed by atoms with E-state index in [0.717, 1.165) is 5.57 Å². The molecule has 0 aromatic heterocycles. The van der Waals surface area contributed by atoms with Crippen molar-refractivity contribution in [1.82, 2.24) is 0 Å². The minimum atomic E-state index is -0.600. The van der Waals surface area contributed by atoms with E-state index in [1.165, 1.54) is 0 Å². The summed E-state index contributed by atoms with van der Waals surface area (Å²) in [6.07, 6.45) is 2.43. The molecule has 0 aromatic rings. The lowest BCUT2D eigenvalue weighted by atomic mass is 10.3. The van der Waals surface area contributed by atoms with Crippen LogP contribution in [-0.4, -0.2) is 18.8 Å². The molecule has 0 saturated carbocycles. The third kappa shape index (κ3) is 5.03. The molecule has 0 saturated heterocycles. The number of rotatable bonds is 3. The van der Waals surface area contributed by atoms with Gasteiger partial charge >= 0.3 is 5.97 Å². The van der Waals surface area contributed by atoms with Crippen molar-refractivity contribution in [2.45, 2.75) is 13.8 Å². The summed E-state index contributed by atoms with van der Waals surface area (Å²) in [7, 11) is 0. The van der Waals surface area contributed by atoms with Crippen molar-refractivity contribution >= 4 is 12.2 Å². The molecule has 0 aliphatic carbocycles. The average Bonchev–Trinajstić information content (AvgIpc) is 1.87. The maximum atomic E-state index is 10.3. The maximum absolute atomic E-state index is 10.3. The van der Waals surface area contributed by atoms with Crippen molar-refractivity contribution in [2.75, 3.05) is 6.61 Å². The zero-order valence-electron chi connectivity index (χ0n) is 6.18. The van der Waals surface area contributed by atoms with Crippen molar-refractivity contribution in [3.8, 4) is 0 Å². The summed E-state index contributed by atoms with van der Waals surface area (Å²) in [4.78, 5) is 10.3. The van der Waals surface area contributed by atoms with Gasteiger partial charge < -0.3 is 10.1 Å². The van der Waals surface area contributed by atoms with Gasteiger partial charge in [-0.05, 0) is 19.9 Å². The molecule has 0 unspecified atom stereocenters. The lowest BCUT2D eigenvalue weighted by Crippen LogP contribution is -2.04. The summed E-state index contributed by atoms with van der Waals surface area (Å²) in [5.74, 6) is -0.600. The third-order valence-corrected chi connectivity index (χ3v) is 0.835. The Bertz CT molecular complexity index is 157. The SMILES string of the molecule is CC(C)=CCOC(=O)C=N. The molecule has 56 valence electrons. The first-order valence-electron chi connectivity index (χ1n) is 2.97. The van der Waals surface area contributed by atoms with Crippen molar-refractivity contribution in [3.05, 3.63) is 11.6 Å². The molecule has 3 nitrogen and oxygen atoms in total. The first-order chi connectivity index (χ1) is 4.66. The Morgan fingerprint density at radius 3 is 2.60 bits per heavy atom. The summed E-state index contributed by atoms with van der Waals surface area (Å²) in [6.45, 7) is 4.09. The molecule has 0 aliphatic rings. The van der Waals surface area contributed by atoms with E-state index in [1.54, 1.807) is 6.08 Å². The molecule has 0 atom stereocenters. The zero-order chi connectivity index (χ0) is 7.98. The van der Waals surface area contributed by atoms with E-state index in [-0.39, 0.29) is 6.61 Å². The molecule has 0 bridgehead atoms. The van der Waals surface area contributed by atoms with Gasteiger partial charge in [0, 0.05) is 0 Å². The van der Waals surface area contributed by atoms with E-state index in [9.17, 15) is 4.79 Å². The predicted molar refractivity (Wildman–Crippen MR) is 39.2 cm³/mol. The van der Waals surface area contributed by atoms with Crippen LogP contribution in [0.2, 0.25) is 0 Å². The van der Waals surface area contributed by atoms with E-state index < -0.39 is 5.97 Å². The van der Waals surface area contributed by atoms with Gasteiger partial charge in [0.1, 0.15) is 12.8 Å². The molecule has 0 radical (unpaired) electrons. The van der Waals surface area contributed by atoms with Gasteiger partial charge in [-0.3, -0.25) is 0 Å². The van der Waals surface area contributed by atoms with Gasteiger partial charge in [-0.2, -0.15) is 0 Å². The first kappa shape index (κ1) is 8.88. The average molecular weight is 141 g/mol. The van der Waals surface area contributed by atoms with Crippen LogP contribution in [0.25, 0.3) is 0 Å². The molecule has 10 heavy (non-hydrogen) atoms. The number of carbonyl (C=O) groups excluding carboxylic acids is 1. The summed E-state index contributed by atoms with van der Waals surface area (Å²) >= 11 is 0. The molecular formula is C7H11NO2. The van der Waals surface area contributed by atoms with Crippen molar-refractivity contribution < 1.29 is 9.53 Å². The van der Waals surface area contributed by atoms with Crippen LogP contribution in [0.3, 0.4) is 0 Å². The number of carbonyl (C=O) groups is 1. The Morgan fingerprint density at radius 1 is 1.60 bits per heavy atom. The van der Waals surface area contributed by atoms with E-state index in [1.807, 2.05) is 13.8 Å². The van der Waals surface area contributed by atoms with Gasteiger partial charge in [0.2, 0.25) is 0 Å². The number of allylic oxidation sites excluding steroid dienone is 1. The standard InChI is InChI=1S/C7H11NO2/c1-6(2)3-4-10-7(9)5-8/h3,5,8H,4H2,1-2H3. The highest BCUT2D eigenvalue weighted by atomic mass is 16.5. The number of hydrogen-bond donors (Lipinski definition) is 1. The highest BCUT2D eigenvalue weighted by Crippen LogP contribution is 1.87. The smallest absolute Gasteiger partial charge is 0.348 e. The highest BCUT2D eigenvalue weighted by molar-refractivity contribution is 6.21. The minimum absolute atomic E-state index is 0.260. The quantitative estimate of drug-likeness (QED) is 0.364. The molecule has 0 spiro atoms. The monoisotopic (exact) mass is 141 g/mol. The molecule has 0 aromatic carbocycles.